The SMILES string of the molecule is CCSc1c(C[C@H](O)C(=O)O)n(C)c[n+]1C. The number of nitrogens with zero attached hydrogens (tertiary/aromatic N) is 2. The van der Waals surface area contributed by atoms with Gasteiger partial charge in [0.05, 0.1) is 20.5 Å². The molecule has 1 atom stereocenters. The Morgan fingerprint density at radius 2 is 2.31 bits per heavy atom. The molecule has 0 aliphatic heterocycles. The van der Waals surface area contributed by atoms with Crippen LogP contribution < -0.4 is 4.57 Å². The topological polar surface area (TPSA) is 66.3 Å². The average molecular weight is 245 g/mol. The normalized spacial score (nSPS) is 12.8. The molecule has 0 saturated heterocycles. The summed E-state index contributed by atoms with van der Waals surface area (Å²) in [7, 11) is 3.76. The van der Waals surface area contributed by atoms with Crippen molar-refractivity contribution in [2.45, 2.75) is 24.5 Å². The quantitative estimate of drug-likeness (QED) is 0.564. The molecule has 5 nitrogen and oxygen atoms in total. The van der Waals surface area contributed by atoms with E-state index in [4.69, 9.17) is 5.11 Å². The number of hydrogen-bond donors (Lipinski definition) is 2. The van der Waals surface area contributed by atoms with Crippen molar-refractivity contribution >= 4 is 17.7 Å². The molecular weight excluding hydrogens is 228 g/mol. The molecule has 1 aromatic rings. The number of hydrogen-bond acceptors (Lipinski definition) is 3. The van der Waals surface area contributed by atoms with E-state index >= 15 is 0 Å². The molecule has 0 aliphatic carbocycles. The summed E-state index contributed by atoms with van der Waals surface area (Å²) in [6.07, 6.45) is 0.668. The van der Waals surface area contributed by atoms with Crippen LogP contribution in [0.1, 0.15) is 12.6 Å². The molecule has 1 rings (SSSR count). The van der Waals surface area contributed by atoms with Gasteiger partial charge in [-0.2, -0.15) is 0 Å². The molecule has 0 radical (unpaired) electrons. The number of aliphatic hydroxyl groups excluding tert-OH is 1. The van der Waals surface area contributed by atoms with Crippen LogP contribution in [0, 0.1) is 0 Å². The van der Waals surface area contributed by atoms with Gasteiger partial charge in [-0.3, -0.25) is 0 Å². The second-order valence-corrected chi connectivity index (χ2v) is 4.83. The number of carboxylic acids is 1. The minimum Gasteiger partial charge on any atom is -0.479 e. The third-order valence-electron chi connectivity index (χ3n) is 2.29. The van der Waals surface area contributed by atoms with Gasteiger partial charge in [0.25, 0.3) is 0 Å². The number of carboxylic acid groups (broad SMARTS) is 1. The Bertz CT molecular complexity index is 390. The van der Waals surface area contributed by atoms with Gasteiger partial charge >= 0.3 is 5.97 Å². The molecule has 1 heterocycles. The zero-order valence-electron chi connectivity index (χ0n) is 9.67. The molecule has 0 unspecified atom stereocenters. The van der Waals surface area contributed by atoms with Gasteiger partial charge in [-0.15, -0.1) is 0 Å². The molecule has 0 fully saturated rings. The Kier molecular flexibility index (Phi) is 4.37. The third-order valence-corrected chi connectivity index (χ3v) is 3.38. The van der Waals surface area contributed by atoms with E-state index in [2.05, 4.69) is 0 Å². The fourth-order valence-electron chi connectivity index (χ4n) is 1.56. The number of thioether (sulfide) groups is 1. The van der Waals surface area contributed by atoms with Crippen LogP contribution in [0.3, 0.4) is 0 Å². The van der Waals surface area contributed by atoms with Gasteiger partial charge in [0.1, 0.15) is 0 Å². The Morgan fingerprint density at radius 3 is 2.81 bits per heavy atom. The van der Waals surface area contributed by atoms with E-state index in [1.165, 1.54) is 0 Å². The average Bonchev–Trinajstić information content (AvgIpc) is 2.45. The minimum absolute atomic E-state index is 0.134. The van der Waals surface area contributed by atoms with Crippen LogP contribution in [0.2, 0.25) is 0 Å². The maximum atomic E-state index is 10.6. The summed E-state index contributed by atoms with van der Waals surface area (Å²) < 4.78 is 3.79. The summed E-state index contributed by atoms with van der Waals surface area (Å²) in [5.74, 6) is -0.273. The largest absolute Gasteiger partial charge is 0.479 e. The first-order valence-corrected chi connectivity index (χ1v) is 6.03. The standard InChI is InChI=1S/C10H16N2O3S/c1-4-16-9-7(5-8(13)10(14)15)11(2)6-12(9)3/h6,8,13H,4-5H2,1-3H3/p+1/t8-/m0/s1. The van der Waals surface area contributed by atoms with Crippen LogP contribution in [0.4, 0.5) is 0 Å². The third kappa shape index (κ3) is 2.76. The summed E-state index contributed by atoms with van der Waals surface area (Å²) in [6, 6.07) is 0. The van der Waals surface area contributed by atoms with E-state index in [1.54, 1.807) is 11.8 Å². The van der Waals surface area contributed by atoms with Gasteiger partial charge in [-0.1, -0.05) is 18.7 Å². The van der Waals surface area contributed by atoms with Crippen LogP contribution in [0.15, 0.2) is 11.4 Å². The van der Waals surface area contributed by atoms with E-state index in [-0.39, 0.29) is 6.42 Å². The van der Waals surface area contributed by atoms with E-state index in [0.717, 1.165) is 16.5 Å². The fourth-order valence-corrected chi connectivity index (χ4v) is 2.48. The Hall–Kier alpha value is -1.01. The molecule has 90 valence electrons. The predicted molar refractivity (Wildman–Crippen MR) is 60.3 cm³/mol. The highest BCUT2D eigenvalue weighted by Gasteiger charge is 2.24. The number of carbonyl (C=O) groups is 1. The van der Waals surface area contributed by atoms with E-state index in [9.17, 15) is 9.90 Å². The van der Waals surface area contributed by atoms with Crippen molar-refractivity contribution in [3.8, 4) is 0 Å². The molecule has 0 spiro atoms. The lowest BCUT2D eigenvalue weighted by Gasteiger charge is -2.04. The summed E-state index contributed by atoms with van der Waals surface area (Å²) in [4.78, 5) is 10.6. The van der Waals surface area contributed by atoms with Gasteiger partial charge in [0, 0.05) is 0 Å². The monoisotopic (exact) mass is 245 g/mol. The lowest BCUT2D eigenvalue weighted by molar-refractivity contribution is -0.707. The number of aliphatic hydroxyl groups is 1. The highest BCUT2D eigenvalue weighted by Crippen LogP contribution is 2.19. The summed E-state index contributed by atoms with van der Waals surface area (Å²) in [5, 5.41) is 19.1. The molecule has 1 aromatic heterocycles. The van der Waals surface area contributed by atoms with Crippen molar-refractivity contribution in [3.05, 3.63) is 12.0 Å². The van der Waals surface area contributed by atoms with Crippen LogP contribution in [0.25, 0.3) is 0 Å². The van der Waals surface area contributed by atoms with Crippen molar-refractivity contribution in [1.29, 1.82) is 0 Å². The number of aryl methyl sites for hydroxylation is 2. The lowest BCUT2D eigenvalue weighted by Crippen LogP contribution is -2.28. The van der Waals surface area contributed by atoms with E-state index < -0.39 is 12.1 Å². The highest BCUT2D eigenvalue weighted by molar-refractivity contribution is 7.99. The van der Waals surface area contributed by atoms with Crippen LogP contribution >= 0.6 is 11.8 Å². The Balaban J connectivity index is 2.97. The first-order chi connectivity index (χ1) is 7.47. The predicted octanol–water partition coefficient (Wildman–Crippen LogP) is -0.0504. The summed E-state index contributed by atoms with van der Waals surface area (Å²) in [6.45, 7) is 2.04. The molecule has 0 aromatic carbocycles. The van der Waals surface area contributed by atoms with Crippen molar-refractivity contribution in [1.82, 2.24) is 4.57 Å². The molecule has 0 saturated carbocycles. The van der Waals surface area contributed by atoms with Crippen molar-refractivity contribution in [2.75, 3.05) is 5.75 Å². The minimum atomic E-state index is -1.34. The zero-order valence-corrected chi connectivity index (χ0v) is 10.5. The summed E-state index contributed by atoms with van der Waals surface area (Å²) in [5.41, 5.74) is 0.851. The molecule has 6 heteroatoms. The second kappa shape index (κ2) is 5.36. The van der Waals surface area contributed by atoms with Gasteiger partial charge in [-0.25, -0.2) is 13.9 Å². The van der Waals surface area contributed by atoms with Crippen molar-refractivity contribution in [3.63, 3.8) is 0 Å². The first kappa shape index (κ1) is 13.1. The van der Waals surface area contributed by atoms with E-state index in [1.807, 2.05) is 36.5 Å². The van der Waals surface area contributed by atoms with Crippen LogP contribution in [0.5, 0.6) is 0 Å². The fraction of sp³-hybridized carbons (Fsp3) is 0.600. The van der Waals surface area contributed by atoms with Gasteiger partial charge in [0.2, 0.25) is 11.4 Å². The second-order valence-electron chi connectivity index (χ2n) is 3.58. The van der Waals surface area contributed by atoms with Crippen LogP contribution in [-0.2, 0) is 25.3 Å². The number of aliphatic carboxylic acids is 1. The molecule has 0 aliphatic rings. The van der Waals surface area contributed by atoms with Crippen molar-refractivity contribution < 1.29 is 19.6 Å². The first-order valence-electron chi connectivity index (χ1n) is 5.04. The van der Waals surface area contributed by atoms with Gasteiger partial charge in [0.15, 0.2) is 11.8 Å². The lowest BCUT2D eigenvalue weighted by atomic mass is 10.2. The maximum absolute atomic E-state index is 10.6. The molecular formula is C10H17N2O3S+. The summed E-state index contributed by atoms with van der Waals surface area (Å²) >= 11 is 1.64. The van der Waals surface area contributed by atoms with E-state index in [0.29, 0.717) is 0 Å². The number of rotatable bonds is 5. The Morgan fingerprint density at radius 1 is 1.69 bits per heavy atom. The Labute approximate surface area is 98.7 Å². The highest BCUT2D eigenvalue weighted by atomic mass is 32.2. The molecule has 16 heavy (non-hydrogen) atoms. The molecule has 0 bridgehead atoms. The van der Waals surface area contributed by atoms with Crippen molar-refractivity contribution in [2.24, 2.45) is 14.1 Å². The maximum Gasteiger partial charge on any atom is 0.333 e. The zero-order chi connectivity index (χ0) is 12.3. The van der Waals surface area contributed by atoms with Gasteiger partial charge < -0.3 is 10.2 Å². The smallest absolute Gasteiger partial charge is 0.333 e. The van der Waals surface area contributed by atoms with Crippen LogP contribution in [-0.4, -0.2) is 32.6 Å². The van der Waals surface area contributed by atoms with Gasteiger partial charge in [-0.05, 0) is 5.75 Å². The number of aromatic nitrogens is 2. The molecule has 2 N–H and O–H groups in total. The molecule has 0 amide bonds. The number of imidazole rings is 1.